The third-order valence-electron chi connectivity index (χ3n) is 3.55. The molecule has 2 nitrogen and oxygen atoms in total. The van der Waals surface area contributed by atoms with Crippen molar-refractivity contribution in [2.75, 3.05) is 0 Å². The van der Waals surface area contributed by atoms with E-state index in [0.29, 0.717) is 17.8 Å². The van der Waals surface area contributed by atoms with E-state index < -0.39 is 12.1 Å². The Morgan fingerprint density at radius 1 is 1.31 bits per heavy atom. The minimum atomic E-state index is -1.51. The molecule has 4 unspecified atom stereocenters. The second kappa shape index (κ2) is 5.65. The first-order chi connectivity index (χ1) is 7.41. The van der Waals surface area contributed by atoms with E-state index in [1.54, 1.807) is 0 Å². The van der Waals surface area contributed by atoms with Gasteiger partial charge in [0.2, 0.25) is 0 Å². The van der Waals surface area contributed by atoms with E-state index in [9.17, 15) is 9.18 Å². The van der Waals surface area contributed by atoms with E-state index >= 15 is 0 Å². The third kappa shape index (κ3) is 3.46. The summed E-state index contributed by atoms with van der Waals surface area (Å²) in [5, 5.41) is 0. The highest BCUT2D eigenvalue weighted by atomic mass is 19.1. The van der Waals surface area contributed by atoms with Gasteiger partial charge in [-0.3, -0.25) is 0 Å². The Morgan fingerprint density at radius 2 is 1.94 bits per heavy atom. The minimum Gasteiger partial charge on any atom is -0.460 e. The number of hydrogen-bond donors (Lipinski definition) is 0. The first kappa shape index (κ1) is 13.5. The average Bonchev–Trinajstić information content (AvgIpc) is 2.16. The molecule has 0 radical (unpaired) electrons. The van der Waals surface area contributed by atoms with E-state index in [4.69, 9.17) is 4.74 Å². The summed E-state index contributed by atoms with van der Waals surface area (Å²) in [5.41, 5.74) is 0. The van der Waals surface area contributed by atoms with Crippen LogP contribution in [-0.2, 0) is 9.53 Å². The monoisotopic (exact) mass is 230 g/mol. The lowest BCUT2D eigenvalue weighted by molar-refractivity contribution is -0.161. The van der Waals surface area contributed by atoms with Crippen molar-refractivity contribution in [1.29, 1.82) is 0 Å². The van der Waals surface area contributed by atoms with Crippen LogP contribution >= 0.6 is 0 Å². The normalized spacial score (nSPS) is 32.5. The Labute approximate surface area is 97.6 Å². The molecule has 0 aromatic heterocycles. The summed E-state index contributed by atoms with van der Waals surface area (Å²) in [6.45, 7) is 7.68. The lowest BCUT2D eigenvalue weighted by atomic mass is 9.75. The lowest BCUT2D eigenvalue weighted by Crippen LogP contribution is -2.37. The maximum Gasteiger partial charge on any atom is 0.340 e. The summed E-state index contributed by atoms with van der Waals surface area (Å²) in [7, 11) is 0. The van der Waals surface area contributed by atoms with E-state index in [-0.39, 0.29) is 6.10 Å². The van der Waals surface area contributed by atoms with Crippen molar-refractivity contribution in [3.8, 4) is 0 Å². The number of carbonyl (C=O) groups excluding carboxylic acids is 1. The molecule has 0 spiro atoms. The highest BCUT2D eigenvalue weighted by Gasteiger charge is 2.34. The van der Waals surface area contributed by atoms with E-state index in [0.717, 1.165) is 12.8 Å². The first-order valence-corrected chi connectivity index (χ1v) is 6.26. The number of esters is 1. The highest BCUT2D eigenvalue weighted by molar-refractivity contribution is 5.74. The Balaban J connectivity index is 2.61. The summed E-state index contributed by atoms with van der Waals surface area (Å²) in [6.07, 6.45) is 1.54. The summed E-state index contributed by atoms with van der Waals surface area (Å²) in [4.78, 5) is 11.3. The molecule has 0 aromatic rings. The molecule has 0 aromatic carbocycles. The van der Waals surface area contributed by atoms with Crippen molar-refractivity contribution in [2.45, 2.75) is 59.2 Å². The predicted octanol–water partition coefficient (Wildman–Crippen LogP) is 3.35. The van der Waals surface area contributed by atoms with Crippen molar-refractivity contribution >= 4 is 5.97 Å². The second-order valence-electron chi connectivity index (χ2n) is 5.42. The Bertz CT molecular complexity index is 238. The lowest BCUT2D eigenvalue weighted by Gasteiger charge is -2.36. The van der Waals surface area contributed by atoms with Gasteiger partial charge >= 0.3 is 5.97 Å². The molecule has 3 heteroatoms. The van der Waals surface area contributed by atoms with Crippen molar-refractivity contribution in [3.63, 3.8) is 0 Å². The zero-order chi connectivity index (χ0) is 12.3. The number of carbonyl (C=O) groups is 1. The van der Waals surface area contributed by atoms with E-state index in [1.807, 2.05) is 0 Å². The quantitative estimate of drug-likeness (QED) is 0.695. The van der Waals surface area contributed by atoms with Crippen LogP contribution in [0.2, 0.25) is 0 Å². The van der Waals surface area contributed by atoms with Gasteiger partial charge < -0.3 is 4.74 Å². The van der Waals surface area contributed by atoms with Crippen LogP contribution in [0.15, 0.2) is 0 Å². The predicted molar refractivity (Wildman–Crippen MR) is 61.8 cm³/mol. The molecule has 1 saturated carbocycles. The van der Waals surface area contributed by atoms with E-state index in [2.05, 4.69) is 20.8 Å². The maximum absolute atomic E-state index is 12.8. The molecule has 0 aliphatic heterocycles. The molecule has 1 aliphatic carbocycles. The molecule has 1 aliphatic rings. The summed E-state index contributed by atoms with van der Waals surface area (Å²) in [6, 6.07) is 0. The van der Waals surface area contributed by atoms with Crippen LogP contribution in [0.5, 0.6) is 0 Å². The number of alkyl halides is 1. The summed E-state index contributed by atoms with van der Waals surface area (Å²) >= 11 is 0. The van der Waals surface area contributed by atoms with Gasteiger partial charge in [0.25, 0.3) is 0 Å². The van der Waals surface area contributed by atoms with Crippen LogP contribution in [0.25, 0.3) is 0 Å². The molecule has 0 bridgehead atoms. The molecule has 0 N–H and O–H groups in total. The number of hydrogen-bond acceptors (Lipinski definition) is 2. The third-order valence-corrected chi connectivity index (χ3v) is 3.55. The topological polar surface area (TPSA) is 26.3 Å². The Kier molecular flexibility index (Phi) is 4.75. The molecule has 0 amide bonds. The minimum absolute atomic E-state index is 0.0885. The number of rotatable bonds is 3. The van der Waals surface area contributed by atoms with Crippen molar-refractivity contribution in [1.82, 2.24) is 0 Å². The van der Waals surface area contributed by atoms with Crippen molar-refractivity contribution in [3.05, 3.63) is 0 Å². The van der Waals surface area contributed by atoms with Gasteiger partial charge in [0.05, 0.1) is 0 Å². The fourth-order valence-corrected chi connectivity index (χ4v) is 2.49. The molecule has 0 heterocycles. The number of ether oxygens (including phenoxy) is 1. The molecule has 1 fully saturated rings. The summed E-state index contributed by atoms with van der Waals surface area (Å²) < 4.78 is 18.1. The van der Waals surface area contributed by atoms with Crippen LogP contribution in [0, 0.1) is 17.8 Å². The first-order valence-electron chi connectivity index (χ1n) is 6.26. The molecule has 4 atom stereocenters. The van der Waals surface area contributed by atoms with Gasteiger partial charge in [-0.05, 0) is 37.5 Å². The van der Waals surface area contributed by atoms with Gasteiger partial charge in [0.1, 0.15) is 6.10 Å². The molecular formula is C13H23FO2. The van der Waals surface area contributed by atoms with Crippen LogP contribution in [0.4, 0.5) is 4.39 Å². The van der Waals surface area contributed by atoms with Gasteiger partial charge in [-0.25, -0.2) is 9.18 Å². The Hall–Kier alpha value is -0.600. The van der Waals surface area contributed by atoms with Crippen molar-refractivity contribution < 1.29 is 13.9 Å². The molecule has 94 valence electrons. The zero-order valence-corrected chi connectivity index (χ0v) is 10.7. The largest absolute Gasteiger partial charge is 0.460 e. The van der Waals surface area contributed by atoms with Gasteiger partial charge in [-0.1, -0.05) is 27.2 Å². The van der Waals surface area contributed by atoms with Crippen LogP contribution in [-0.4, -0.2) is 18.2 Å². The SMILES string of the molecule is CC1CCC(C(C)C)C(OC(=O)C(C)F)C1. The second-order valence-corrected chi connectivity index (χ2v) is 5.42. The van der Waals surface area contributed by atoms with Gasteiger partial charge in [-0.15, -0.1) is 0 Å². The molecule has 0 saturated heterocycles. The van der Waals surface area contributed by atoms with Crippen LogP contribution in [0.1, 0.15) is 47.0 Å². The fraction of sp³-hybridized carbons (Fsp3) is 0.923. The van der Waals surface area contributed by atoms with E-state index in [1.165, 1.54) is 13.3 Å². The highest BCUT2D eigenvalue weighted by Crippen LogP contribution is 2.35. The smallest absolute Gasteiger partial charge is 0.340 e. The molecule has 1 rings (SSSR count). The maximum atomic E-state index is 12.8. The van der Waals surface area contributed by atoms with Gasteiger partial charge in [-0.2, -0.15) is 0 Å². The summed E-state index contributed by atoms with van der Waals surface area (Å²) in [5.74, 6) is 0.742. The van der Waals surface area contributed by atoms with Gasteiger partial charge in [0, 0.05) is 0 Å². The Morgan fingerprint density at radius 3 is 2.44 bits per heavy atom. The fourth-order valence-electron chi connectivity index (χ4n) is 2.49. The number of halogens is 1. The molecule has 16 heavy (non-hydrogen) atoms. The van der Waals surface area contributed by atoms with Gasteiger partial charge in [0.15, 0.2) is 6.17 Å². The standard InChI is InChI=1S/C13H23FO2/c1-8(2)11-6-5-9(3)7-12(11)16-13(15)10(4)14/h8-12H,5-7H2,1-4H3. The van der Waals surface area contributed by atoms with Crippen LogP contribution in [0.3, 0.4) is 0 Å². The van der Waals surface area contributed by atoms with Crippen LogP contribution < -0.4 is 0 Å². The average molecular weight is 230 g/mol. The zero-order valence-electron chi connectivity index (χ0n) is 10.7. The van der Waals surface area contributed by atoms with Crippen molar-refractivity contribution in [2.24, 2.45) is 17.8 Å². The molecular weight excluding hydrogens is 207 g/mol.